The molecule has 0 aliphatic heterocycles. The van der Waals surface area contributed by atoms with Gasteiger partial charge in [0.05, 0.1) is 0 Å². The van der Waals surface area contributed by atoms with Gasteiger partial charge in [-0.1, -0.05) is 28.9 Å². The number of allylic oxidation sites excluding steroid dienone is 1. The molecular formula is C6H9BrO2. The third-order valence-electron chi connectivity index (χ3n) is 0.721. The van der Waals surface area contributed by atoms with E-state index >= 15 is 0 Å². The minimum Gasteiger partial charge on any atom is -0.478 e. The zero-order valence-corrected chi connectivity index (χ0v) is 6.76. The number of rotatable bonds is 3. The zero-order valence-electron chi connectivity index (χ0n) is 5.17. The van der Waals surface area contributed by atoms with E-state index in [0.717, 1.165) is 12.5 Å². The topological polar surface area (TPSA) is 37.3 Å². The van der Waals surface area contributed by atoms with E-state index in [-0.39, 0.29) is 0 Å². The summed E-state index contributed by atoms with van der Waals surface area (Å²) in [6.45, 7) is 1.96. The van der Waals surface area contributed by atoms with Crippen LogP contribution in [0.5, 0.6) is 0 Å². The number of alkyl halides is 1. The van der Waals surface area contributed by atoms with Gasteiger partial charge in [0.2, 0.25) is 0 Å². The summed E-state index contributed by atoms with van der Waals surface area (Å²) in [5.74, 6) is -0.886. The van der Waals surface area contributed by atoms with Gasteiger partial charge in [0.1, 0.15) is 0 Å². The molecule has 0 aliphatic carbocycles. The molecule has 2 nitrogen and oxygen atoms in total. The molecule has 0 spiro atoms. The Morgan fingerprint density at radius 1 is 1.89 bits per heavy atom. The summed E-state index contributed by atoms with van der Waals surface area (Å²) in [5, 5.41) is 8.12. The summed E-state index contributed by atoms with van der Waals surface area (Å²) in [6.07, 6.45) is 3.53. The first-order valence-corrected chi connectivity index (χ1v) is 3.58. The molecule has 0 aromatic heterocycles. The summed E-state index contributed by atoms with van der Waals surface area (Å²) < 4.78 is 0. The first kappa shape index (κ1) is 8.69. The van der Waals surface area contributed by atoms with E-state index in [9.17, 15) is 4.79 Å². The van der Waals surface area contributed by atoms with Gasteiger partial charge in [-0.05, 0) is 6.42 Å². The molecule has 0 radical (unpaired) electrons. The van der Waals surface area contributed by atoms with Crippen molar-refractivity contribution in [2.45, 2.75) is 18.2 Å². The Kier molecular flexibility index (Phi) is 4.40. The van der Waals surface area contributed by atoms with E-state index in [4.69, 9.17) is 5.11 Å². The Morgan fingerprint density at radius 2 is 2.44 bits per heavy atom. The van der Waals surface area contributed by atoms with E-state index in [1.807, 2.05) is 6.92 Å². The van der Waals surface area contributed by atoms with E-state index in [1.54, 1.807) is 6.08 Å². The summed E-state index contributed by atoms with van der Waals surface area (Å²) in [5.41, 5.74) is 0. The molecule has 3 heteroatoms. The van der Waals surface area contributed by atoms with Crippen molar-refractivity contribution in [2.24, 2.45) is 0 Å². The maximum atomic E-state index is 9.88. The number of carbonyl (C=O) groups is 1. The molecule has 0 aromatic rings. The quantitative estimate of drug-likeness (QED) is 0.548. The van der Waals surface area contributed by atoms with Gasteiger partial charge >= 0.3 is 5.97 Å². The van der Waals surface area contributed by atoms with Crippen LogP contribution in [-0.4, -0.2) is 15.9 Å². The lowest BCUT2D eigenvalue weighted by atomic mass is 10.3. The minimum absolute atomic E-state index is 0.355. The van der Waals surface area contributed by atoms with Crippen LogP contribution in [0, 0.1) is 0 Å². The summed E-state index contributed by atoms with van der Waals surface area (Å²) >= 11 is 3.28. The molecule has 0 fully saturated rings. The Hall–Kier alpha value is -0.310. The largest absolute Gasteiger partial charge is 0.478 e. The average Bonchev–Trinajstić information content (AvgIpc) is 1.63. The number of hydrogen-bond donors (Lipinski definition) is 1. The molecule has 0 amide bonds. The normalized spacial score (nSPS) is 14.0. The lowest BCUT2D eigenvalue weighted by Crippen LogP contribution is -1.89. The predicted octanol–water partition coefficient (Wildman–Crippen LogP) is 1.80. The van der Waals surface area contributed by atoms with Crippen molar-refractivity contribution in [1.82, 2.24) is 0 Å². The predicted molar refractivity (Wildman–Crippen MR) is 39.8 cm³/mol. The molecule has 9 heavy (non-hydrogen) atoms. The van der Waals surface area contributed by atoms with Gasteiger partial charge in [0.15, 0.2) is 0 Å². The molecule has 52 valence electrons. The standard InChI is InChI=1S/C6H9BrO2/c1-5(7)3-2-4-6(8)9/h2,4-5H,3H2,1H3,(H,8,9). The highest BCUT2D eigenvalue weighted by Crippen LogP contribution is 2.02. The second kappa shape index (κ2) is 4.56. The molecular weight excluding hydrogens is 184 g/mol. The van der Waals surface area contributed by atoms with Gasteiger partial charge in [0.25, 0.3) is 0 Å². The molecule has 1 unspecified atom stereocenters. The fraction of sp³-hybridized carbons (Fsp3) is 0.500. The Balaban J connectivity index is 3.36. The van der Waals surface area contributed by atoms with Crippen molar-refractivity contribution < 1.29 is 9.90 Å². The molecule has 0 heterocycles. The van der Waals surface area contributed by atoms with E-state index < -0.39 is 5.97 Å². The Bertz CT molecular complexity index is 118. The Morgan fingerprint density at radius 3 is 2.78 bits per heavy atom. The van der Waals surface area contributed by atoms with Crippen molar-refractivity contribution in [2.75, 3.05) is 0 Å². The molecule has 0 saturated heterocycles. The molecule has 1 atom stereocenters. The van der Waals surface area contributed by atoms with Crippen LogP contribution >= 0.6 is 15.9 Å². The summed E-state index contributed by atoms with van der Waals surface area (Å²) in [6, 6.07) is 0. The van der Waals surface area contributed by atoms with Gasteiger partial charge in [0, 0.05) is 10.9 Å². The van der Waals surface area contributed by atoms with Gasteiger partial charge in [-0.3, -0.25) is 0 Å². The van der Waals surface area contributed by atoms with Crippen LogP contribution in [0.15, 0.2) is 12.2 Å². The monoisotopic (exact) mass is 192 g/mol. The van der Waals surface area contributed by atoms with Crippen LogP contribution in [0.2, 0.25) is 0 Å². The first-order chi connectivity index (χ1) is 4.13. The van der Waals surface area contributed by atoms with Gasteiger partial charge in [-0.15, -0.1) is 0 Å². The van der Waals surface area contributed by atoms with Crippen molar-refractivity contribution >= 4 is 21.9 Å². The van der Waals surface area contributed by atoms with Crippen LogP contribution in [0.1, 0.15) is 13.3 Å². The fourth-order valence-electron chi connectivity index (χ4n) is 0.356. The highest BCUT2D eigenvalue weighted by molar-refractivity contribution is 9.09. The first-order valence-electron chi connectivity index (χ1n) is 2.66. The minimum atomic E-state index is -0.886. The number of aliphatic carboxylic acids is 1. The molecule has 0 saturated carbocycles. The number of halogens is 1. The number of hydrogen-bond acceptors (Lipinski definition) is 1. The van der Waals surface area contributed by atoms with Gasteiger partial charge < -0.3 is 5.11 Å². The van der Waals surface area contributed by atoms with E-state index in [0.29, 0.717) is 4.83 Å². The molecule has 0 aliphatic rings. The average molecular weight is 193 g/mol. The zero-order chi connectivity index (χ0) is 7.28. The number of carboxylic acids is 1. The highest BCUT2D eigenvalue weighted by Gasteiger charge is 1.90. The molecule has 0 rings (SSSR count). The maximum Gasteiger partial charge on any atom is 0.327 e. The lowest BCUT2D eigenvalue weighted by molar-refractivity contribution is -0.131. The summed E-state index contributed by atoms with van der Waals surface area (Å²) in [4.78, 5) is 10.2. The van der Waals surface area contributed by atoms with E-state index in [2.05, 4.69) is 15.9 Å². The second-order valence-corrected chi connectivity index (χ2v) is 3.32. The van der Waals surface area contributed by atoms with Crippen molar-refractivity contribution in [1.29, 1.82) is 0 Å². The molecule has 0 aromatic carbocycles. The van der Waals surface area contributed by atoms with Gasteiger partial charge in [-0.2, -0.15) is 0 Å². The SMILES string of the molecule is CC(Br)CC=CC(=O)O. The lowest BCUT2D eigenvalue weighted by Gasteiger charge is -1.92. The Labute approximate surface area is 62.7 Å². The third-order valence-corrected chi connectivity index (χ3v) is 1.10. The summed E-state index contributed by atoms with van der Waals surface area (Å²) in [7, 11) is 0. The van der Waals surface area contributed by atoms with Crippen molar-refractivity contribution in [3.05, 3.63) is 12.2 Å². The molecule has 0 bridgehead atoms. The fourth-order valence-corrected chi connectivity index (χ4v) is 0.572. The number of carboxylic acid groups (broad SMARTS) is 1. The second-order valence-electron chi connectivity index (χ2n) is 1.76. The van der Waals surface area contributed by atoms with Crippen molar-refractivity contribution in [3.8, 4) is 0 Å². The smallest absolute Gasteiger partial charge is 0.327 e. The van der Waals surface area contributed by atoms with Crippen LogP contribution in [0.3, 0.4) is 0 Å². The van der Waals surface area contributed by atoms with E-state index in [1.165, 1.54) is 0 Å². The van der Waals surface area contributed by atoms with Gasteiger partial charge in [-0.25, -0.2) is 4.79 Å². The van der Waals surface area contributed by atoms with Crippen LogP contribution in [0.4, 0.5) is 0 Å². The maximum absolute atomic E-state index is 9.88. The molecule has 1 N–H and O–H groups in total. The van der Waals surface area contributed by atoms with Crippen LogP contribution < -0.4 is 0 Å². The van der Waals surface area contributed by atoms with Crippen LogP contribution in [-0.2, 0) is 4.79 Å². The third kappa shape index (κ3) is 7.69. The highest BCUT2D eigenvalue weighted by atomic mass is 79.9. The van der Waals surface area contributed by atoms with Crippen LogP contribution in [0.25, 0.3) is 0 Å². The van der Waals surface area contributed by atoms with Crippen molar-refractivity contribution in [3.63, 3.8) is 0 Å².